The van der Waals surface area contributed by atoms with E-state index >= 15 is 0 Å². The van der Waals surface area contributed by atoms with Crippen molar-refractivity contribution in [2.75, 3.05) is 13.2 Å². The molecule has 0 spiro atoms. The molecule has 3 nitrogen and oxygen atoms in total. The van der Waals surface area contributed by atoms with E-state index in [-0.39, 0.29) is 6.04 Å². The van der Waals surface area contributed by atoms with Crippen molar-refractivity contribution < 1.29 is 4.74 Å². The summed E-state index contributed by atoms with van der Waals surface area (Å²) in [5.74, 6) is 0.972. The number of thiazole rings is 1. The minimum absolute atomic E-state index is 0.280. The molecule has 2 aromatic rings. The Morgan fingerprint density at radius 3 is 2.95 bits per heavy atom. The molecule has 0 saturated carbocycles. The zero-order chi connectivity index (χ0) is 13.5. The van der Waals surface area contributed by atoms with Crippen molar-refractivity contribution in [1.29, 1.82) is 0 Å². The van der Waals surface area contributed by atoms with Gasteiger partial charge >= 0.3 is 0 Å². The molecule has 0 bridgehead atoms. The lowest BCUT2D eigenvalue weighted by Crippen LogP contribution is -2.21. The minimum atomic E-state index is 0.280. The Kier molecular flexibility index (Phi) is 5.36. The molecule has 1 atom stereocenters. The summed E-state index contributed by atoms with van der Waals surface area (Å²) in [5, 5.41) is 6.72. The van der Waals surface area contributed by atoms with Crippen LogP contribution in [0.25, 0.3) is 0 Å². The molecule has 0 radical (unpaired) electrons. The van der Waals surface area contributed by atoms with E-state index in [1.54, 1.807) is 11.3 Å². The van der Waals surface area contributed by atoms with Crippen LogP contribution in [0.3, 0.4) is 0 Å². The van der Waals surface area contributed by atoms with Crippen molar-refractivity contribution in [1.82, 2.24) is 10.3 Å². The first kappa shape index (κ1) is 14.0. The second-order valence-electron chi connectivity index (χ2n) is 4.32. The van der Waals surface area contributed by atoms with Crippen molar-refractivity contribution >= 4 is 11.3 Å². The van der Waals surface area contributed by atoms with Crippen LogP contribution in [0.15, 0.2) is 35.8 Å². The van der Waals surface area contributed by atoms with Crippen LogP contribution >= 0.6 is 11.3 Å². The predicted molar refractivity (Wildman–Crippen MR) is 79.8 cm³/mol. The summed E-state index contributed by atoms with van der Waals surface area (Å²) in [7, 11) is 0. The van der Waals surface area contributed by atoms with Crippen LogP contribution in [0, 0.1) is 0 Å². The van der Waals surface area contributed by atoms with E-state index in [0.29, 0.717) is 6.61 Å². The van der Waals surface area contributed by atoms with Gasteiger partial charge in [-0.05, 0) is 19.9 Å². The zero-order valence-electron chi connectivity index (χ0n) is 11.4. The Morgan fingerprint density at radius 2 is 2.21 bits per heavy atom. The van der Waals surface area contributed by atoms with Crippen LogP contribution in [0.2, 0.25) is 0 Å². The van der Waals surface area contributed by atoms with Crippen molar-refractivity contribution in [3.05, 3.63) is 46.4 Å². The van der Waals surface area contributed by atoms with Crippen molar-refractivity contribution in [3.8, 4) is 5.75 Å². The molecule has 0 aliphatic carbocycles. The van der Waals surface area contributed by atoms with Gasteiger partial charge in [0.15, 0.2) is 0 Å². The third-order valence-electron chi connectivity index (χ3n) is 2.96. The van der Waals surface area contributed by atoms with E-state index in [1.807, 2.05) is 30.6 Å². The average Bonchev–Trinajstić information content (AvgIpc) is 2.93. The van der Waals surface area contributed by atoms with E-state index in [9.17, 15) is 0 Å². The number of hydrogen-bond acceptors (Lipinski definition) is 4. The predicted octanol–water partition coefficient (Wildman–Crippen LogP) is 3.44. The highest BCUT2D eigenvalue weighted by Crippen LogP contribution is 2.24. The molecule has 2 rings (SSSR count). The quantitative estimate of drug-likeness (QED) is 0.841. The third kappa shape index (κ3) is 4.04. The third-order valence-corrected chi connectivity index (χ3v) is 3.80. The maximum absolute atomic E-state index is 5.66. The molecule has 102 valence electrons. The fourth-order valence-corrected chi connectivity index (χ4v) is 2.63. The largest absolute Gasteiger partial charge is 0.494 e. The van der Waals surface area contributed by atoms with Crippen molar-refractivity contribution in [3.63, 3.8) is 0 Å². The lowest BCUT2D eigenvalue weighted by molar-refractivity contribution is 0.332. The molecule has 1 aromatic heterocycles. The monoisotopic (exact) mass is 276 g/mol. The molecule has 0 aliphatic heterocycles. The fourth-order valence-electron chi connectivity index (χ4n) is 2.01. The summed E-state index contributed by atoms with van der Waals surface area (Å²) < 4.78 is 5.66. The van der Waals surface area contributed by atoms with Gasteiger partial charge in [0.05, 0.1) is 11.6 Å². The highest BCUT2D eigenvalue weighted by atomic mass is 32.1. The van der Waals surface area contributed by atoms with Crippen molar-refractivity contribution in [2.24, 2.45) is 0 Å². The number of ether oxygens (including phenoxy) is 1. The Morgan fingerprint density at radius 1 is 1.37 bits per heavy atom. The van der Waals surface area contributed by atoms with Gasteiger partial charge in [-0.15, -0.1) is 11.3 Å². The summed E-state index contributed by atoms with van der Waals surface area (Å²) in [6.45, 7) is 5.80. The molecule has 19 heavy (non-hydrogen) atoms. The Bertz CT molecular complexity index is 485. The number of aromatic nitrogens is 1. The number of nitrogens with zero attached hydrogens (tertiary/aromatic N) is 1. The summed E-state index contributed by atoms with van der Waals surface area (Å²) in [4.78, 5) is 4.29. The van der Waals surface area contributed by atoms with Gasteiger partial charge in [-0.1, -0.05) is 18.2 Å². The lowest BCUT2D eigenvalue weighted by atomic mass is 10.1. The molecule has 1 N–H and O–H groups in total. The van der Waals surface area contributed by atoms with E-state index in [4.69, 9.17) is 4.74 Å². The highest BCUT2D eigenvalue weighted by Gasteiger charge is 2.10. The normalized spacial score (nSPS) is 12.3. The number of rotatable bonds is 7. The van der Waals surface area contributed by atoms with Gasteiger partial charge in [0.2, 0.25) is 0 Å². The van der Waals surface area contributed by atoms with Crippen LogP contribution in [0.5, 0.6) is 5.75 Å². The van der Waals surface area contributed by atoms with Crippen LogP contribution in [0.1, 0.15) is 30.5 Å². The topological polar surface area (TPSA) is 34.1 Å². The van der Waals surface area contributed by atoms with E-state index in [2.05, 4.69) is 29.4 Å². The second-order valence-corrected chi connectivity index (χ2v) is 5.30. The van der Waals surface area contributed by atoms with Crippen LogP contribution in [-0.4, -0.2) is 18.1 Å². The van der Waals surface area contributed by atoms with Gasteiger partial charge in [-0.2, -0.15) is 0 Å². The maximum atomic E-state index is 5.66. The number of benzene rings is 1. The Balaban J connectivity index is 1.90. The van der Waals surface area contributed by atoms with E-state index in [1.165, 1.54) is 10.6 Å². The SMILES string of the molecule is CCOc1ccccc1C(C)NCCc1nccs1. The summed E-state index contributed by atoms with van der Waals surface area (Å²) in [5.41, 5.74) is 1.21. The van der Waals surface area contributed by atoms with Gasteiger partial charge in [-0.3, -0.25) is 0 Å². The molecule has 1 unspecified atom stereocenters. The smallest absolute Gasteiger partial charge is 0.124 e. The summed E-state index contributed by atoms with van der Waals surface area (Å²) in [6.07, 6.45) is 2.83. The van der Waals surface area contributed by atoms with Crippen LogP contribution < -0.4 is 10.1 Å². The van der Waals surface area contributed by atoms with E-state index in [0.717, 1.165) is 18.7 Å². The van der Waals surface area contributed by atoms with Crippen LogP contribution in [-0.2, 0) is 6.42 Å². The molecular formula is C15H20N2OS. The number of hydrogen-bond donors (Lipinski definition) is 1. The minimum Gasteiger partial charge on any atom is -0.494 e. The first-order valence-corrected chi connectivity index (χ1v) is 7.52. The van der Waals surface area contributed by atoms with Gasteiger partial charge in [0, 0.05) is 36.1 Å². The van der Waals surface area contributed by atoms with Gasteiger partial charge in [-0.25, -0.2) is 4.98 Å². The molecule has 0 fully saturated rings. The zero-order valence-corrected chi connectivity index (χ0v) is 12.2. The maximum Gasteiger partial charge on any atom is 0.124 e. The standard InChI is InChI=1S/C15H20N2OS/c1-3-18-14-7-5-4-6-13(14)12(2)16-9-8-15-17-10-11-19-15/h4-7,10-12,16H,3,8-9H2,1-2H3. The molecule has 0 saturated heterocycles. The molecule has 4 heteroatoms. The first-order chi connectivity index (χ1) is 9.31. The fraction of sp³-hybridized carbons (Fsp3) is 0.400. The van der Waals surface area contributed by atoms with E-state index < -0.39 is 0 Å². The van der Waals surface area contributed by atoms with Crippen LogP contribution in [0.4, 0.5) is 0 Å². The second kappa shape index (κ2) is 7.26. The molecule has 1 heterocycles. The van der Waals surface area contributed by atoms with Gasteiger partial charge in [0.25, 0.3) is 0 Å². The molecular weight excluding hydrogens is 256 g/mol. The van der Waals surface area contributed by atoms with Gasteiger partial charge in [0.1, 0.15) is 5.75 Å². The Labute approximate surface area is 118 Å². The molecule has 0 aliphatic rings. The molecule has 0 amide bonds. The molecule has 1 aromatic carbocycles. The van der Waals surface area contributed by atoms with Gasteiger partial charge < -0.3 is 10.1 Å². The van der Waals surface area contributed by atoms with Crippen molar-refractivity contribution in [2.45, 2.75) is 26.3 Å². The highest BCUT2D eigenvalue weighted by molar-refractivity contribution is 7.09. The summed E-state index contributed by atoms with van der Waals surface area (Å²) >= 11 is 1.71. The number of para-hydroxylation sites is 1. The average molecular weight is 276 g/mol. The lowest BCUT2D eigenvalue weighted by Gasteiger charge is -2.17. The summed E-state index contributed by atoms with van der Waals surface area (Å²) in [6, 6.07) is 8.49. The first-order valence-electron chi connectivity index (χ1n) is 6.64. The Hall–Kier alpha value is -1.39. The number of nitrogens with one attached hydrogen (secondary N) is 1.